The first-order valence-corrected chi connectivity index (χ1v) is 11.9. The van der Waals surface area contributed by atoms with Gasteiger partial charge in [0, 0.05) is 16.3 Å². The molecule has 0 saturated heterocycles. The number of ether oxygens (including phenoxy) is 2. The Morgan fingerprint density at radius 2 is 1.59 bits per heavy atom. The van der Waals surface area contributed by atoms with E-state index in [1.54, 1.807) is 60.7 Å². The summed E-state index contributed by atoms with van der Waals surface area (Å²) >= 11 is 6.03. The zero-order valence-corrected chi connectivity index (χ0v) is 20.6. The van der Waals surface area contributed by atoms with E-state index < -0.39 is 5.91 Å². The van der Waals surface area contributed by atoms with Crippen LogP contribution in [0.3, 0.4) is 0 Å². The predicted molar refractivity (Wildman–Crippen MR) is 145 cm³/mol. The maximum Gasteiger partial charge on any atom is 0.262 e. The largest absolute Gasteiger partial charge is 0.476 e. The quantitative estimate of drug-likeness (QED) is 0.249. The van der Waals surface area contributed by atoms with E-state index in [-0.39, 0.29) is 23.5 Å². The molecule has 0 bridgehead atoms. The summed E-state index contributed by atoms with van der Waals surface area (Å²) in [6.45, 7) is 1.50. The Bertz CT molecular complexity index is 1610. The Hall–Kier alpha value is -4.55. The minimum Gasteiger partial charge on any atom is -0.476 e. The van der Waals surface area contributed by atoms with Gasteiger partial charge < -0.3 is 19.2 Å². The van der Waals surface area contributed by atoms with Crippen LogP contribution in [-0.2, 0) is 4.79 Å². The molecule has 0 aliphatic carbocycles. The molecule has 5 rings (SSSR count). The molecule has 0 saturated carbocycles. The van der Waals surface area contributed by atoms with Crippen LogP contribution in [0.5, 0.6) is 17.2 Å². The number of para-hydroxylation sites is 1. The van der Waals surface area contributed by atoms with Crippen LogP contribution in [0.25, 0.3) is 22.3 Å². The van der Waals surface area contributed by atoms with Crippen LogP contribution in [0.2, 0.25) is 5.02 Å². The summed E-state index contributed by atoms with van der Waals surface area (Å²) in [4.78, 5) is 26.0. The third kappa shape index (κ3) is 5.66. The average molecular weight is 512 g/mol. The number of hydrogen-bond acceptors (Lipinski definition) is 5. The molecule has 1 heterocycles. The van der Waals surface area contributed by atoms with Crippen molar-refractivity contribution in [1.29, 1.82) is 0 Å². The third-order valence-electron chi connectivity index (χ3n) is 5.58. The Kier molecular flexibility index (Phi) is 6.92. The molecule has 0 spiro atoms. The lowest BCUT2D eigenvalue weighted by Gasteiger charge is -2.12. The number of carbonyl (C=O) groups excluding carboxylic acids is 1. The molecule has 7 heteroatoms. The van der Waals surface area contributed by atoms with Gasteiger partial charge in [-0.3, -0.25) is 9.59 Å². The van der Waals surface area contributed by atoms with Crippen LogP contribution in [0.4, 0.5) is 5.69 Å². The van der Waals surface area contributed by atoms with Gasteiger partial charge >= 0.3 is 0 Å². The summed E-state index contributed by atoms with van der Waals surface area (Å²) in [5, 5.41) is 3.69. The van der Waals surface area contributed by atoms with Crippen LogP contribution < -0.4 is 20.2 Å². The molecule has 0 atom stereocenters. The maximum absolute atomic E-state index is 13.3. The smallest absolute Gasteiger partial charge is 0.262 e. The number of anilines is 1. The summed E-state index contributed by atoms with van der Waals surface area (Å²) in [5.41, 5.74) is 2.14. The third-order valence-corrected chi connectivity index (χ3v) is 5.83. The van der Waals surface area contributed by atoms with Crippen molar-refractivity contribution in [2.45, 2.75) is 6.92 Å². The number of benzene rings is 4. The molecular formula is C30H22ClNO5. The summed E-state index contributed by atoms with van der Waals surface area (Å²) in [6.07, 6.45) is 0. The number of aryl methyl sites for hydroxylation is 1. The molecule has 0 aliphatic heterocycles. The van der Waals surface area contributed by atoms with E-state index in [2.05, 4.69) is 5.32 Å². The Labute approximate surface area is 218 Å². The van der Waals surface area contributed by atoms with Crippen molar-refractivity contribution in [3.05, 3.63) is 118 Å². The fraction of sp³-hybridized carbons (Fsp3) is 0.0667. The molecule has 0 aliphatic rings. The van der Waals surface area contributed by atoms with E-state index in [1.807, 2.05) is 43.3 Å². The van der Waals surface area contributed by atoms with Crippen LogP contribution in [0, 0.1) is 6.92 Å². The zero-order chi connectivity index (χ0) is 25.8. The molecule has 0 unspecified atom stereocenters. The molecule has 0 radical (unpaired) electrons. The van der Waals surface area contributed by atoms with Crippen molar-refractivity contribution < 1.29 is 18.7 Å². The van der Waals surface area contributed by atoms with Gasteiger partial charge in [-0.05, 0) is 79.7 Å². The van der Waals surface area contributed by atoms with Gasteiger partial charge in [-0.25, -0.2) is 0 Å². The molecule has 1 aromatic heterocycles. The Balaban J connectivity index is 1.34. The second-order valence-electron chi connectivity index (χ2n) is 8.37. The first kappa shape index (κ1) is 24.2. The lowest BCUT2D eigenvalue weighted by Crippen LogP contribution is -2.22. The number of nitrogens with one attached hydrogen (secondary N) is 1. The zero-order valence-electron chi connectivity index (χ0n) is 19.9. The van der Waals surface area contributed by atoms with E-state index in [0.29, 0.717) is 38.7 Å². The SMILES string of the molecule is Cc1ccc2oc(-c3ccc(Cl)cc3)c(OCC(=O)Nc3ccc(Oc4ccccc4)cc3)c(=O)c2c1. The standard InChI is InChI=1S/C30H22ClNO5/c1-19-7-16-26-25(17-19)28(34)30(29(37-26)20-8-10-21(31)11-9-20)35-18-27(33)32-22-12-14-24(15-13-22)36-23-5-3-2-4-6-23/h2-17H,18H2,1H3,(H,32,33). The van der Waals surface area contributed by atoms with Crippen molar-refractivity contribution in [2.24, 2.45) is 0 Å². The molecule has 37 heavy (non-hydrogen) atoms. The fourth-order valence-corrected chi connectivity index (χ4v) is 3.91. The predicted octanol–water partition coefficient (Wildman–Crippen LogP) is 7.23. The van der Waals surface area contributed by atoms with E-state index in [0.717, 1.165) is 5.56 Å². The summed E-state index contributed by atoms with van der Waals surface area (Å²) < 4.78 is 17.6. The van der Waals surface area contributed by atoms with E-state index in [9.17, 15) is 9.59 Å². The van der Waals surface area contributed by atoms with Gasteiger partial charge in [0.05, 0.1) is 5.39 Å². The first-order chi connectivity index (χ1) is 18.0. The van der Waals surface area contributed by atoms with Crippen molar-refractivity contribution >= 4 is 34.2 Å². The van der Waals surface area contributed by atoms with Crippen LogP contribution in [-0.4, -0.2) is 12.5 Å². The first-order valence-electron chi connectivity index (χ1n) is 11.6. The highest BCUT2D eigenvalue weighted by atomic mass is 35.5. The summed E-state index contributed by atoms with van der Waals surface area (Å²) in [5.74, 6) is 1.11. The molecule has 184 valence electrons. The van der Waals surface area contributed by atoms with Crippen molar-refractivity contribution in [1.82, 2.24) is 0 Å². The number of hydrogen-bond donors (Lipinski definition) is 1. The van der Waals surface area contributed by atoms with Crippen LogP contribution in [0.1, 0.15) is 5.56 Å². The number of halogens is 1. The van der Waals surface area contributed by atoms with Gasteiger partial charge in [-0.2, -0.15) is 0 Å². The van der Waals surface area contributed by atoms with Gasteiger partial charge in [0.2, 0.25) is 11.2 Å². The number of amides is 1. The van der Waals surface area contributed by atoms with Crippen molar-refractivity contribution in [3.63, 3.8) is 0 Å². The molecule has 1 amide bonds. The minimum atomic E-state index is -0.428. The monoisotopic (exact) mass is 511 g/mol. The topological polar surface area (TPSA) is 77.8 Å². The highest BCUT2D eigenvalue weighted by Gasteiger charge is 2.19. The summed E-state index contributed by atoms with van der Waals surface area (Å²) in [7, 11) is 0. The lowest BCUT2D eigenvalue weighted by molar-refractivity contribution is -0.118. The average Bonchev–Trinajstić information content (AvgIpc) is 2.90. The molecular weight excluding hydrogens is 490 g/mol. The van der Waals surface area contributed by atoms with E-state index >= 15 is 0 Å². The highest BCUT2D eigenvalue weighted by Crippen LogP contribution is 2.32. The number of rotatable bonds is 7. The highest BCUT2D eigenvalue weighted by molar-refractivity contribution is 6.30. The van der Waals surface area contributed by atoms with Gasteiger partial charge in [0.25, 0.3) is 5.91 Å². The normalized spacial score (nSPS) is 10.8. The van der Waals surface area contributed by atoms with Gasteiger partial charge in [0.1, 0.15) is 17.1 Å². The molecule has 6 nitrogen and oxygen atoms in total. The van der Waals surface area contributed by atoms with Gasteiger partial charge in [0.15, 0.2) is 12.4 Å². The van der Waals surface area contributed by atoms with E-state index in [1.165, 1.54) is 0 Å². The number of fused-ring (bicyclic) bond motifs is 1. The molecule has 0 fully saturated rings. The fourth-order valence-electron chi connectivity index (χ4n) is 3.78. The van der Waals surface area contributed by atoms with Crippen molar-refractivity contribution in [2.75, 3.05) is 11.9 Å². The van der Waals surface area contributed by atoms with Crippen molar-refractivity contribution in [3.8, 4) is 28.6 Å². The minimum absolute atomic E-state index is 0.0396. The molecule has 1 N–H and O–H groups in total. The van der Waals surface area contributed by atoms with Gasteiger partial charge in [-0.15, -0.1) is 0 Å². The lowest BCUT2D eigenvalue weighted by atomic mass is 10.1. The Morgan fingerprint density at radius 1 is 0.892 bits per heavy atom. The van der Waals surface area contributed by atoms with Gasteiger partial charge in [-0.1, -0.05) is 41.4 Å². The summed E-state index contributed by atoms with van der Waals surface area (Å²) in [6, 6.07) is 28.5. The second kappa shape index (κ2) is 10.6. The second-order valence-corrected chi connectivity index (χ2v) is 8.81. The maximum atomic E-state index is 13.3. The molecule has 5 aromatic rings. The molecule has 4 aromatic carbocycles. The van der Waals surface area contributed by atoms with E-state index in [4.69, 9.17) is 25.5 Å². The Morgan fingerprint density at radius 3 is 2.32 bits per heavy atom. The van der Waals surface area contributed by atoms with Crippen LogP contribution in [0.15, 0.2) is 106 Å². The van der Waals surface area contributed by atoms with Crippen LogP contribution >= 0.6 is 11.6 Å². The number of carbonyl (C=O) groups is 1.